The average Bonchev–Trinajstić information content (AvgIpc) is 2.91. The number of hydrogen-bond acceptors (Lipinski definition) is 3. The lowest BCUT2D eigenvalue weighted by molar-refractivity contribution is -0.642. The predicted molar refractivity (Wildman–Crippen MR) is 109 cm³/mol. The molecule has 1 heterocycles. The summed E-state index contributed by atoms with van der Waals surface area (Å²) < 4.78 is 9.14. The fourth-order valence-corrected chi connectivity index (χ4v) is 3.04. The van der Waals surface area contributed by atoms with Crippen LogP contribution in [-0.2, 0) is 13.1 Å². The van der Waals surface area contributed by atoms with Gasteiger partial charge in [0.1, 0.15) is 23.3 Å². The number of unbranched alkanes of at least 4 members (excludes halogenated alkanes) is 1. The van der Waals surface area contributed by atoms with Gasteiger partial charge in [-0.15, -0.1) is 17.0 Å². The SMILES string of the molecule is Br.CCCCn1c(N)[n+](CC(=O)c2ccc(OC)cc2)c2ccccc21. The van der Waals surface area contributed by atoms with E-state index in [1.165, 1.54) is 0 Å². The zero-order valence-electron chi connectivity index (χ0n) is 15.1. The van der Waals surface area contributed by atoms with Crippen LogP contribution in [0.5, 0.6) is 5.75 Å². The van der Waals surface area contributed by atoms with Crippen molar-refractivity contribution in [1.82, 2.24) is 4.57 Å². The Hall–Kier alpha value is -2.34. The van der Waals surface area contributed by atoms with Crippen molar-refractivity contribution in [2.45, 2.75) is 32.9 Å². The molecule has 3 rings (SSSR count). The molecular formula is C20H25BrN3O2+. The second-order valence-corrected chi connectivity index (χ2v) is 6.09. The minimum Gasteiger partial charge on any atom is -0.497 e. The highest BCUT2D eigenvalue weighted by atomic mass is 79.9. The van der Waals surface area contributed by atoms with Crippen LogP contribution in [0, 0.1) is 0 Å². The van der Waals surface area contributed by atoms with Gasteiger partial charge in [0, 0.05) is 5.56 Å². The number of fused-ring (bicyclic) bond motifs is 1. The highest BCUT2D eigenvalue weighted by Crippen LogP contribution is 2.18. The van der Waals surface area contributed by atoms with Crippen LogP contribution in [0.25, 0.3) is 11.0 Å². The molecule has 0 aliphatic rings. The zero-order chi connectivity index (χ0) is 17.8. The van der Waals surface area contributed by atoms with E-state index in [9.17, 15) is 4.79 Å². The third kappa shape index (κ3) is 3.90. The predicted octanol–water partition coefficient (Wildman–Crippen LogP) is 3.78. The number of nitrogens with zero attached hydrogens (tertiary/aromatic N) is 2. The summed E-state index contributed by atoms with van der Waals surface area (Å²) in [4.78, 5) is 12.7. The lowest BCUT2D eigenvalue weighted by Crippen LogP contribution is -2.40. The maximum absolute atomic E-state index is 12.7. The number of aryl methyl sites for hydroxylation is 1. The van der Waals surface area contributed by atoms with Crippen LogP contribution in [-0.4, -0.2) is 17.5 Å². The molecule has 0 amide bonds. The van der Waals surface area contributed by atoms with E-state index < -0.39 is 0 Å². The Morgan fingerprint density at radius 1 is 1.15 bits per heavy atom. The summed E-state index contributed by atoms with van der Waals surface area (Å²) in [6.07, 6.45) is 2.14. The van der Waals surface area contributed by atoms with Crippen molar-refractivity contribution in [3.63, 3.8) is 0 Å². The van der Waals surface area contributed by atoms with E-state index in [0.29, 0.717) is 11.5 Å². The van der Waals surface area contributed by atoms with Crippen LogP contribution in [0.4, 0.5) is 5.95 Å². The number of aromatic nitrogens is 2. The molecule has 0 aliphatic carbocycles. The second kappa shape index (κ2) is 8.85. The molecule has 0 unspecified atom stereocenters. The van der Waals surface area contributed by atoms with Crippen molar-refractivity contribution in [3.8, 4) is 5.75 Å². The molecule has 6 heteroatoms. The Kier molecular flexibility index (Phi) is 6.80. The van der Waals surface area contributed by atoms with E-state index in [2.05, 4.69) is 17.6 Å². The van der Waals surface area contributed by atoms with E-state index >= 15 is 0 Å². The second-order valence-electron chi connectivity index (χ2n) is 6.09. The minimum atomic E-state index is 0. The average molecular weight is 419 g/mol. The number of nitrogen functional groups attached to an aromatic ring is 1. The van der Waals surface area contributed by atoms with Crippen LogP contribution in [0.1, 0.15) is 30.1 Å². The first-order chi connectivity index (χ1) is 12.2. The Balaban J connectivity index is 0.00000243. The molecule has 2 N–H and O–H groups in total. The number of methoxy groups -OCH3 is 1. The van der Waals surface area contributed by atoms with Gasteiger partial charge in [0.25, 0.3) is 0 Å². The Morgan fingerprint density at radius 3 is 2.50 bits per heavy atom. The van der Waals surface area contributed by atoms with Crippen LogP contribution < -0.4 is 15.0 Å². The summed E-state index contributed by atoms with van der Waals surface area (Å²) in [7, 11) is 1.61. The number of halogens is 1. The van der Waals surface area contributed by atoms with E-state index in [0.717, 1.165) is 36.2 Å². The topological polar surface area (TPSA) is 61.1 Å². The molecular weight excluding hydrogens is 394 g/mol. The number of carbonyl (C=O) groups excluding carboxylic acids is 1. The molecule has 0 saturated carbocycles. The first-order valence-corrected chi connectivity index (χ1v) is 8.59. The Morgan fingerprint density at radius 2 is 1.85 bits per heavy atom. The lowest BCUT2D eigenvalue weighted by Gasteiger charge is -2.04. The van der Waals surface area contributed by atoms with Gasteiger partial charge in [-0.05, 0) is 42.8 Å². The van der Waals surface area contributed by atoms with Crippen molar-refractivity contribution in [3.05, 3.63) is 54.1 Å². The molecule has 0 fully saturated rings. The first-order valence-electron chi connectivity index (χ1n) is 8.59. The van der Waals surface area contributed by atoms with Crippen molar-refractivity contribution in [1.29, 1.82) is 0 Å². The fraction of sp³-hybridized carbons (Fsp3) is 0.300. The molecule has 5 nitrogen and oxygen atoms in total. The van der Waals surface area contributed by atoms with Crippen LogP contribution in [0.15, 0.2) is 48.5 Å². The van der Waals surface area contributed by atoms with E-state index in [-0.39, 0.29) is 29.3 Å². The summed E-state index contributed by atoms with van der Waals surface area (Å²) in [5.41, 5.74) is 9.08. The summed E-state index contributed by atoms with van der Waals surface area (Å²) in [6, 6.07) is 15.2. The lowest BCUT2D eigenvalue weighted by atomic mass is 10.1. The largest absolute Gasteiger partial charge is 0.497 e. The van der Waals surface area contributed by atoms with Gasteiger partial charge in [-0.1, -0.05) is 25.5 Å². The summed E-state index contributed by atoms with van der Waals surface area (Å²) in [6.45, 7) is 3.23. The van der Waals surface area contributed by atoms with Gasteiger partial charge in [0.15, 0.2) is 5.78 Å². The third-order valence-corrected chi connectivity index (χ3v) is 4.47. The molecule has 26 heavy (non-hydrogen) atoms. The van der Waals surface area contributed by atoms with Gasteiger partial charge in [0.05, 0.1) is 13.7 Å². The molecule has 1 aromatic heterocycles. The zero-order valence-corrected chi connectivity index (χ0v) is 16.9. The molecule has 2 aromatic carbocycles. The normalized spacial score (nSPS) is 10.5. The smallest absolute Gasteiger partial charge is 0.356 e. The van der Waals surface area contributed by atoms with Crippen LogP contribution in [0.2, 0.25) is 0 Å². The van der Waals surface area contributed by atoms with Crippen molar-refractivity contribution < 1.29 is 14.1 Å². The van der Waals surface area contributed by atoms with Crippen LogP contribution in [0.3, 0.4) is 0 Å². The molecule has 0 spiro atoms. The molecule has 138 valence electrons. The number of Topliss-reactive ketones (excluding diaryl/α,β-unsaturated/α-hetero) is 1. The monoisotopic (exact) mass is 418 g/mol. The van der Waals surface area contributed by atoms with Gasteiger partial charge >= 0.3 is 5.95 Å². The quantitative estimate of drug-likeness (QED) is 0.468. The Bertz CT molecular complexity index is 888. The minimum absolute atomic E-state index is 0. The number of ketones is 1. The third-order valence-electron chi connectivity index (χ3n) is 4.47. The maximum atomic E-state index is 12.7. The van der Waals surface area contributed by atoms with Crippen molar-refractivity contribution >= 4 is 39.7 Å². The van der Waals surface area contributed by atoms with Crippen molar-refractivity contribution in [2.24, 2.45) is 0 Å². The van der Waals surface area contributed by atoms with Gasteiger partial charge in [-0.3, -0.25) is 10.5 Å². The first kappa shape index (κ1) is 20.0. The summed E-state index contributed by atoms with van der Waals surface area (Å²) in [5, 5.41) is 0. The fourth-order valence-electron chi connectivity index (χ4n) is 3.04. The highest BCUT2D eigenvalue weighted by Gasteiger charge is 2.22. The number of carbonyl (C=O) groups is 1. The van der Waals surface area contributed by atoms with E-state index in [1.807, 2.05) is 22.8 Å². The molecule has 0 saturated heterocycles. The summed E-state index contributed by atoms with van der Waals surface area (Å²) in [5.74, 6) is 1.38. The number of imidazole rings is 1. The van der Waals surface area contributed by atoms with Crippen LogP contribution >= 0.6 is 17.0 Å². The summed E-state index contributed by atoms with van der Waals surface area (Å²) >= 11 is 0. The van der Waals surface area contributed by atoms with E-state index in [1.54, 1.807) is 31.4 Å². The van der Waals surface area contributed by atoms with Gasteiger partial charge in [0.2, 0.25) is 0 Å². The number of para-hydroxylation sites is 2. The molecule has 0 atom stereocenters. The van der Waals surface area contributed by atoms with Gasteiger partial charge in [-0.25, -0.2) is 9.13 Å². The van der Waals surface area contributed by atoms with E-state index in [4.69, 9.17) is 10.5 Å². The van der Waals surface area contributed by atoms with Gasteiger partial charge < -0.3 is 4.74 Å². The number of benzene rings is 2. The molecule has 0 aliphatic heterocycles. The number of nitrogens with two attached hydrogens (primary N) is 1. The molecule has 0 bridgehead atoms. The van der Waals surface area contributed by atoms with Crippen molar-refractivity contribution in [2.75, 3.05) is 12.8 Å². The maximum Gasteiger partial charge on any atom is 0.356 e. The Labute approximate surface area is 164 Å². The molecule has 3 aromatic rings. The number of hydrogen-bond donors (Lipinski definition) is 1. The molecule has 0 radical (unpaired) electrons. The highest BCUT2D eigenvalue weighted by molar-refractivity contribution is 8.93. The number of anilines is 1. The standard InChI is InChI=1S/C20H23N3O2.BrH/c1-3-4-13-22-17-7-5-6-8-18(17)23(20(22)21)14-19(24)15-9-11-16(25-2)12-10-15;/h5-12,21H,3-4,13-14H2,1-2H3;1H/p+1. The number of rotatable bonds is 7. The van der Waals surface area contributed by atoms with Gasteiger partial charge in [-0.2, -0.15) is 0 Å². The number of ether oxygens (including phenoxy) is 1.